The van der Waals surface area contributed by atoms with Crippen LogP contribution in [0, 0.1) is 0 Å². The fourth-order valence-electron chi connectivity index (χ4n) is 2.29. The summed E-state index contributed by atoms with van der Waals surface area (Å²) < 4.78 is 3.16. The second-order valence-electron chi connectivity index (χ2n) is 5.28. The molecule has 2 N–H and O–H groups in total. The highest BCUT2D eigenvalue weighted by Crippen LogP contribution is 2.30. The molecule has 0 spiro atoms. The van der Waals surface area contributed by atoms with Crippen LogP contribution in [0.25, 0.3) is 11.1 Å². The summed E-state index contributed by atoms with van der Waals surface area (Å²) in [5, 5.41) is 10.2. The van der Waals surface area contributed by atoms with Gasteiger partial charge in [0, 0.05) is 20.6 Å². The van der Waals surface area contributed by atoms with Crippen LogP contribution < -0.4 is 4.72 Å². The molecule has 3 rings (SSSR count). The molecule has 0 amide bonds. The maximum Gasteiger partial charge on any atom is 0.335 e. The van der Waals surface area contributed by atoms with Gasteiger partial charge in [0.2, 0.25) is 0 Å². The number of aromatic carboxylic acids is 1. The minimum absolute atomic E-state index is 0.243. The molecule has 0 fully saturated rings. The number of anilines is 1. The van der Waals surface area contributed by atoms with Crippen molar-refractivity contribution in [3.63, 3.8) is 0 Å². The normalized spacial score (nSPS) is 10.5. The van der Waals surface area contributed by atoms with Gasteiger partial charge in [-0.15, -0.1) is 0 Å². The second-order valence-corrected chi connectivity index (χ2v) is 7.03. The number of carboxylic acids is 1. The van der Waals surface area contributed by atoms with Crippen molar-refractivity contribution in [2.24, 2.45) is 0 Å². The molecule has 0 bridgehead atoms. The predicted molar refractivity (Wildman–Crippen MR) is 105 cm³/mol. The number of carboxylic acid groups (broad SMARTS) is 1. The largest absolute Gasteiger partial charge is 0.478 e. The highest BCUT2D eigenvalue weighted by molar-refractivity contribution is 8.00. The lowest BCUT2D eigenvalue weighted by atomic mass is 10.1. The van der Waals surface area contributed by atoms with E-state index in [1.54, 1.807) is 24.3 Å². The Balaban J connectivity index is 1.78. The van der Waals surface area contributed by atoms with Gasteiger partial charge in [-0.05, 0) is 71.6 Å². The first-order valence-electron chi connectivity index (χ1n) is 7.34. The van der Waals surface area contributed by atoms with E-state index in [1.165, 1.54) is 11.9 Å². The van der Waals surface area contributed by atoms with Crippen LogP contribution in [0.5, 0.6) is 0 Å². The fourth-order valence-corrected chi connectivity index (χ4v) is 3.51. The Hall–Kier alpha value is -2.14. The molecule has 0 heterocycles. The molecule has 0 atom stereocenters. The Kier molecular flexibility index (Phi) is 5.53. The molecule has 0 saturated carbocycles. The van der Waals surface area contributed by atoms with Crippen LogP contribution in [-0.2, 0) is 0 Å². The summed E-state index contributed by atoms with van der Waals surface area (Å²) in [6.45, 7) is 0. The van der Waals surface area contributed by atoms with Crippen molar-refractivity contribution >= 4 is 46.8 Å². The molecular weight excluding hydrogens is 377 g/mol. The van der Waals surface area contributed by atoms with Gasteiger partial charge in [0.15, 0.2) is 0 Å². The monoisotopic (exact) mass is 389 g/mol. The van der Waals surface area contributed by atoms with Crippen molar-refractivity contribution < 1.29 is 9.90 Å². The van der Waals surface area contributed by atoms with Crippen LogP contribution >= 0.6 is 35.1 Å². The van der Waals surface area contributed by atoms with E-state index in [0.717, 1.165) is 21.7 Å². The standard InChI is InChI=1S/C19H13Cl2NO2S/c20-15-7-14(8-16(21)11-15)12-3-2-6-18(10-12)25-22-17-5-1-4-13(9-17)19(23)24/h1-11,22H,(H,23,24). The lowest BCUT2D eigenvalue weighted by Crippen LogP contribution is -1.96. The number of carbonyl (C=O) groups is 1. The molecule has 3 aromatic rings. The summed E-state index contributed by atoms with van der Waals surface area (Å²) in [5.74, 6) is -0.950. The van der Waals surface area contributed by atoms with E-state index in [4.69, 9.17) is 28.3 Å². The van der Waals surface area contributed by atoms with E-state index < -0.39 is 5.97 Å². The zero-order valence-electron chi connectivity index (χ0n) is 12.9. The lowest BCUT2D eigenvalue weighted by molar-refractivity contribution is 0.0697. The van der Waals surface area contributed by atoms with Crippen LogP contribution in [0.2, 0.25) is 10.0 Å². The van der Waals surface area contributed by atoms with Gasteiger partial charge in [0.05, 0.1) is 5.56 Å². The van der Waals surface area contributed by atoms with Gasteiger partial charge in [-0.2, -0.15) is 0 Å². The van der Waals surface area contributed by atoms with Gasteiger partial charge in [-0.3, -0.25) is 0 Å². The SMILES string of the molecule is O=C(O)c1cccc(NSc2cccc(-c3cc(Cl)cc(Cl)c3)c2)c1. The Bertz CT molecular complexity index is 911. The molecule has 0 aliphatic carbocycles. The fraction of sp³-hybridized carbons (Fsp3) is 0. The summed E-state index contributed by atoms with van der Waals surface area (Å²) in [7, 11) is 0. The topological polar surface area (TPSA) is 49.3 Å². The van der Waals surface area contributed by atoms with Crippen molar-refractivity contribution in [1.82, 2.24) is 0 Å². The molecule has 25 heavy (non-hydrogen) atoms. The van der Waals surface area contributed by atoms with E-state index in [-0.39, 0.29) is 5.56 Å². The van der Waals surface area contributed by atoms with Gasteiger partial charge in [0.1, 0.15) is 0 Å². The summed E-state index contributed by atoms with van der Waals surface area (Å²) in [6, 6.07) is 20.0. The molecule has 3 aromatic carbocycles. The number of nitrogens with one attached hydrogen (secondary N) is 1. The molecule has 0 aliphatic rings. The Morgan fingerprint density at radius 1 is 0.880 bits per heavy atom. The molecule has 0 saturated heterocycles. The van der Waals surface area contributed by atoms with Gasteiger partial charge in [-0.25, -0.2) is 4.79 Å². The van der Waals surface area contributed by atoms with E-state index in [9.17, 15) is 4.79 Å². The quantitative estimate of drug-likeness (QED) is 0.490. The van der Waals surface area contributed by atoms with Crippen molar-refractivity contribution in [3.8, 4) is 11.1 Å². The van der Waals surface area contributed by atoms with Crippen LogP contribution in [0.1, 0.15) is 10.4 Å². The zero-order chi connectivity index (χ0) is 17.8. The molecule has 0 unspecified atom stereocenters. The Morgan fingerprint density at radius 3 is 2.32 bits per heavy atom. The van der Waals surface area contributed by atoms with E-state index in [0.29, 0.717) is 10.0 Å². The maximum absolute atomic E-state index is 11.0. The van der Waals surface area contributed by atoms with Crippen molar-refractivity contribution in [1.29, 1.82) is 0 Å². The molecule has 0 aliphatic heterocycles. The van der Waals surface area contributed by atoms with Crippen molar-refractivity contribution in [3.05, 3.63) is 82.3 Å². The summed E-state index contributed by atoms with van der Waals surface area (Å²) in [4.78, 5) is 12.0. The summed E-state index contributed by atoms with van der Waals surface area (Å²) >= 11 is 13.5. The first-order valence-corrected chi connectivity index (χ1v) is 8.91. The number of rotatable bonds is 5. The van der Waals surface area contributed by atoms with E-state index in [2.05, 4.69) is 4.72 Å². The number of halogens is 2. The molecular formula is C19H13Cl2NO2S. The summed E-state index contributed by atoms with van der Waals surface area (Å²) in [6.07, 6.45) is 0. The highest BCUT2D eigenvalue weighted by Gasteiger charge is 2.05. The minimum atomic E-state index is -0.950. The third-order valence-corrected chi connectivity index (χ3v) is 4.69. The van der Waals surface area contributed by atoms with Gasteiger partial charge >= 0.3 is 5.97 Å². The third-order valence-electron chi connectivity index (χ3n) is 3.43. The van der Waals surface area contributed by atoms with Crippen LogP contribution in [0.3, 0.4) is 0 Å². The minimum Gasteiger partial charge on any atom is -0.478 e. The van der Waals surface area contributed by atoms with Gasteiger partial charge in [-0.1, -0.05) is 41.4 Å². The number of benzene rings is 3. The smallest absolute Gasteiger partial charge is 0.335 e. The number of hydrogen-bond acceptors (Lipinski definition) is 3. The van der Waals surface area contributed by atoms with Crippen LogP contribution in [-0.4, -0.2) is 11.1 Å². The zero-order valence-corrected chi connectivity index (χ0v) is 15.2. The molecule has 126 valence electrons. The summed E-state index contributed by atoms with van der Waals surface area (Å²) in [5.41, 5.74) is 2.90. The Morgan fingerprint density at radius 2 is 1.60 bits per heavy atom. The van der Waals surface area contributed by atoms with E-state index >= 15 is 0 Å². The average molecular weight is 390 g/mol. The third kappa shape index (κ3) is 4.69. The van der Waals surface area contributed by atoms with Crippen LogP contribution in [0.15, 0.2) is 71.6 Å². The first-order chi connectivity index (χ1) is 12.0. The van der Waals surface area contributed by atoms with Crippen molar-refractivity contribution in [2.75, 3.05) is 4.72 Å². The maximum atomic E-state index is 11.0. The van der Waals surface area contributed by atoms with Crippen molar-refractivity contribution in [2.45, 2.75) is 4.90 Å². The second kappa shape index (κ2) is 7.83. The Labute approximate surface area is 159 Å². The van der Waals surface area contributed by atoms with Gasteiger partial charge in [0.25, 0.3) is 0 Å². The molecule has 3 nitrogen and oxygen atoms in total. The molecule has 6 heteroatoms. The van der Waals surface area contributed by atoms with Crippen LogP contribution in [0.4, 0.5) is 5.69 Å². The van der Waals surface area contributed by atoms with E-state index in [1.807, 2.05) is 42.5 Å². The van der Waals surface area contributed by atoms with Gasteiger partial charge < -0.3 is 9.83 Å². The first kappa shape index (κ1) is 17.7. The molecule has 0 aromatic heterocycles. The highest BCUT2D eigenvalue weighted by atomic mass is 35.5. The molecule has 0 radical (unpaired) electrons. The number of hydrogen-bond donors (Lipinski definition) is 2. The predicted octanol–water partition coefficient (Wildman–Crippen LogP) is 6.48. The average Bonchev–Trinajstić information content (AvgIpc) is 2.59. The lowest BCUT2D eigenvalue weighted by Gasteiger charge is -2.09.